The molecular formula is C8H9N3O2. The van der Waals surface area contributed by atoms with Crippen molar-refractivity contribution in [1.82, 2.24) is 5.43 Å². The fourth-order valence-corrected chi connectivity index (χ4v) is 1.38. The average Bonchev–Trinajstić information content (AvgIpc) is 2.15. The standard InChI is InChI=1S/C8H9N3O2/c9-7-5-3-1-2-4-6(5)8(12)11(13)10-7/h1-4,7,10-11H,9H2. The van der Waals surface area contributed by atoms with Gasteiger partial charge in [-0.25, -0.2) is 9.97 Å². The van der Waals surface area contributed by atoms with Gasteiger partial charge in [0.25, 0.3) is 0 Å². The zero-order valence-corrected chi connectivity index (χ0v) is 6.78. The third-order valence-electron chi connectivity index (χ3n) is 2.03. The average molecular weight is 179 g/mol. The minimum atomic E-state index is -0.633. The number of hydroxylamine groups is 1. The minimum absolute atomic E-state index is 0.402. The summed E-state index contributed by atoms with van der Waals surface area (Å²) in [7, 11) is 0. The molecule has 5 nitrogen and oxygen atoms in total. The van der Waals surface area contributed by atoms with Gasteiger partial charge in [-0.05, 0) is 6.07 Å². The van der Waals surface area contributed by atoms with Gasteiger partial charge in [-0.2, -0.15) is 0 Å². The first-order valence-electron chi connectivity index (χ1n) is 3.90. The molecule has 1 aliphatic heterocycles. The fraction of sp³-hybridized carbons (Fsp3) is 0.125. The Morgan fingerprint density at radius 1 is 1.46 bits per heavy atom. The molecule has 68 valence electrons. The van der Waals surface area contributed by atoms with Gasteiger partial charge in [-0.1, -0.05) is 18.2 Å². The van der Waals surface area contributed by atoms with Gasteiger partial charge in [0.1, 0.15) is 6.17 Å². The van der Waals surface area contributed by atoms with Crippen LogP contribution in [0.5, 0.6) is 0 Å². The largest absolute Gasteiger partial charge is 0.605 e. The Bertz CT molecular complexity index is 353. The molecule has 5 heteroatoms. The van der Waals surface area contributed by atoms with Gasteiger partial charge in [-0.15, -0.1) is 5.43 Å². The summed E-state index contributed by atoms with van der Waals surface area (Å²) in [6.07, 6.45) is -0.568. The van der Waals surface area contributed by atoms with Gasteiger partial charge < -0.3 is 10.9 Å². The van der Waals surface area contributed by atoms with E-state index in [1.807, 2.05) is 0 Å². The zero-order chi connectivity index (χ0) is 9.42. The molecule has 0 spiro atoms. The van der Waals surface area contributed by atoms with E-state index in [2.05, 4.69) is 5.43 Å². The molecule has 2 atom stereocenters. The number of quaternary nitrogens is 1. The number of fused-ring (bicyclic) bond motifs is 1. The molecule has 1 amide bonds. The topological polar surface area (TPSA) is 82.6 Å². The second kappa shape index (κ2) is 2.90. The van der Waals surface area contributed by atoms with E-state index in [-0.39, 0.29) is 0 Å². The summed E-state index contributed by atoms with van der Waals surface area (Å²) in [4.78, 5) is 11.3. The molecule has 4 N–H and O–H groups in total. The summed E-state index contributed by atoms with van der Waals surface area (Å²) in [5.74, 6) is -0.516. The number of carbonyl (C=O) groups is 1. The Balaban J connectivity index is 2.54. The first-order chi connectivity index (χ1) is 6.20. The summed E-state index contributed by atoms with van der Waals surface area (Å²) in [6.45, 7) is 0. The second-order valence-corrected chi connectivity index (χ2v) is 2.87. The first-order valence-corrected chi connectivity index (χ1v) is 3.90. The summed E-state index contributed by atoms with van der Waals surface area (Å²) in [5, 5.41) is 10.4. The van der Waals surface area contributed by atoms with E-state index >= 15 is 0 Å². The van der Waals surface area contributed by atoms with Gasteiger partial charge in [0.05, 0.1) is 5.56 Å². The van der Waals surface area contributed by atoms with Crippen LogP contribution in [0.15, 0.2) is 24.3 Å². The molecule has 0 fully saturated rings. The Morgan fingerprint density at radius 2 is 2.15 bits per heavy atom. The minimum Gasteiger partial charge on any atom is -0.605 e. The van der Waals surface area contributed by atoms with Crippen LogP contribution in [-0.2, 0) is 0 Å². The summed E-state index contributed by atoms with van der Waals surface area (Å²) < 4.78 is 0. The highest BCUT2D eigenvalue weighted by Crippen LogP contribution is 2.14. The molecule has 1 aromatic carbocycles. The molecule has 2 rings (SSSR count). The van der Waals surface area contributed by atoms with Crippen molar-refractivity contribution in [2.24, 2.45) is 5.73 Å². The highest BCUT2D eigenvalue weighted by Gasteiger charge is 2.28. The lowest BCUT2D eigenvalue weighted by Gasteiger charge is -2.29. The quantitative estimate of drug-likeness (QED) is 0.432. The maximum absolute atomic E-state index is 11.3. The predicted octanol–water partition coefficient (Wildman–Crippen LogP) is -1.31. The lowest BCUT2D eigenvalue weighted by Crippen LogP contribution is -3.18. The molecular weight excluding hydrogens is 170 g/mol. The predicted molar refractivity (Wildman–Crippen MR) is 45.2 cm³/mol. The smallest absolute Gasteiger partial charge is 0.363 e. The monoisotopic (exact) mass is 179 g/mol. The molecule has 2 unspecified atom stereocenters. The Kier molecular flexibility index (Phi) is 1.86. The molecule has 13 heavy (non-hydrogen) atoms. The van der Waals surface area contributed by atoms with Gasteiger partial charge in [-0.3, -0.25) is 0 Å². The van der Waals surface area contributed by atoms with Crippen LogP contribution in [0.1, 0.15) is 22.1 Å². The van der Waals surface area contributed by atoms with Gasteiger partial charge >= 0.3 is 5.91 Å². The number of hydrogen-bond acceptors (Lipinski definition) is 4. The first kappa shape index (κ1) is 8.33. The SMILES string of the molecule is NC1N[NH+]([O-])C(=O)c2ccccc21. The molecule has 0 aromatic heterocycles. The number of carbonyl (C=O) groups excluding carboxylic acids is 1. The lowest BCUT2D eigenvalue weighted by molar-refractivity contribution is -0.817. The maximum atomic E-state index is 11.3. The van der Waals surface area contributed by atoms with Crippen molar-refractivity contribution >= 4 is 5.91 Å². The van der Waals surface area contributed by atoms with Gasteiger partial charge in [0, 0.05) is 5.56 Å². The fourth-order valence-electron chi connectivity index (χ4n) is 1.38. The van der Waals surface area contributed by atoms with Crippen LogP contribution >= 0.6 is 0 Å². The molecule has 1 aliphatic rings. The molecule has 0 aliphatic carbocycles. The summed E-state index contributed by atoms with van der Waals surface area (Å²) in [6, 6.07) is 6.83. The number of nitrogens with two attached hydrogens (primary N) is 1. The van der Waals surface area contributed by atoms with Crippen molar-refractivity contribution < 1.29 is 9.97 Å². The van der Waals surface area contributed by atoms with E-state index in [0.29, 0.717) is 11.1 Å². The number of hydrogen-bond donors (Lipinski definition) is 3. The lowest BCUT2D eigenvalue weighted by atomic mass is 10.0. The van der Waals surface area contributed by atoms with Crippen molar-refractivity contribution in [1.29, 1.82) is 0 Å². The third kappa shape index (κ3) is 1.24. The third-order valence-corrected chi connectivity index (χ3v) is 2.03. The maximum Gasteiger partial charge on any atom is 0.363 e. The second-order valence-electron chi connectivity index (χ2n) is 2.87. The van der Waals surface area contributed by atoms with Crippen LogP contribution in [0.2, 0.25) is 0 Å². The molecule has 0 saturated heterocycles. The van der Waals surface area contributed by atoms with Crippen LogP contribution < -0.4 is 16.3 Å². The van der Waals surface area contributed by atoms with E-state index in [4.69, 9.17) is 5.73 Å². The zero-order valence-electron chi connectivity index (χ0n) is 6.78. The van der Waals surface area contributed by atoms with E-state index in [9.17, 15) is 10.0 Å². The Hall–Kier alpha value is -1.27. The Morgan fingerprint density at radius 3 is 2.92 bits per heavy atom. The van der Waals surface area contributed by atoms with Crippen LogP contribution in [0, 0.1) is 5.21 Å². The van der Waals surface area contributed by atoms with Crippen molar-refractivity contribution in [3.05, 3.63) is 40.6 Å². The number of nitrogens with one attached hydrogen (secondary N) is 2. The molecule has 0 radical (unpaired) electrons. The van der Waals surface area contributed by atoms with Gasteiger partial charge in [0.15, 0.2) is 0 Å². The highest BCUT2D eigenvalue weighted by molar-refractivity contribution is 5.89. The number of rotatable bonds is 0. The van der Waals surface area contributed by atoms with E-state index in [1.54, 1.807) is 24.3 Å². The van der Waals surface area contributed by atoms with Crippen LogP contribution in [-0.4, -0.2) is 5.91 Å². The van der Waals surface area contributed by atoms with E-state index in [0.717, 1.165) is 0 Å². The van der Waals surface area contributed by atoms with Crippen LogP contribution in [0.4, 0.5) is 0 Å². The summed E-state index contributed by atoms with van der Waals surface area (Å²) >= 11 is 0. The van der Waals surface area contributed by atoms with E-state index in [1.165, 1.54) is 0 Å². The number of benzene rings is 1. The van der Waals surface area contributed by atoms with Crippen molar-refractivity contribution in [3.8, 4) is 0 Å². The van der Waals surface area contributed by atoms with Crippen molar-refractivity contribution in [3.63, 3.8) is 0 Å². The highest BCUT2D eigenvalue weighted by atomic mass is 16.6. The molecule has 0 saturated carbocycles. The van der Waals surface area contributed by atoms with E-state index < -0.39 is 17.2 Å². The summed E-state index contributed by atoms with van der Waals surface area (Å²) in [5.41, 5.74) is 9.06. The van der Waals surface area contributed by atoms with Crippen molar-refractivity contribution in [2.45, 2.75) is 6.17 Å². The molecule has 0 bridgehead atoms. The number of amides is 1. The van der Waals surface area contributed by atoms with Crippen LogP contribution in [0.3, 0.4) is 0 Å². The van der Waals surface area contributed by atoms with Gasteiger partial charge in [0.2, 0.25) is 0 Å². The van der Waals surface area contributed by atoms with Crippen LogP contribution in [0.25, 0.3) is 0 Å². The molecule has 1 heterocycles. The molecule has 1 aromatic rings. The van der Waals surface area contributed by atoms with Crippen molar-refractivity contribution in [2.75, 3.05) is 0 Å². The normalized spacial score (nSPS) is 27.1. The Labute approximate surface area is 74.7 Å².